The van der Waals surface area contributed by atoms with E-state index in [4.69, 9.17) is 0 Å². The number of nitrogens with one attached hydrogen (secondary N) is 1. The van der Waals surface area contributed by atoms with E-state index in [1.54, 1.807) is 6.08 Å². The molecule has 0 fully saturated rings. The number of amides is 1. The van der Waals surface area contributed by atoms with Gasteiger partial charge in [0, 0.05) is 6.42 Å². The Morgan fingerprint density at radius 3 is 1.33 bits per heavy atom. The van der Waals surface area contributed by atoms with Gasteiger partial charge in [-0.05, 0) is 57.8 Å². The van der Waals surface area contributed by atoms with Gasteiger partial charge in [-0.25, -0.2) is 0 Å². The molecule has 0 unspecified atom stereocenters. The van der Waals surface area contributed by atoms with Crippen LogP contribution in [0.25, 0.3) is 0 Å². The van der Waals surface area contributed by atoms with Crippen LogP contribution in [0.4, 0.5) is 0 Å². The zero-order valence-electron chi connectivity index (χ0n) is 30.3. The number of hydrogen-bond donors (Lipinski definition) is 3. The summed E-state index contributed by atoms with van der Waals surface area (Å²) in [5.74, 6) is -0.121. The fourth-order valence-corrected chi connectivity index (χ4v) is 5.46. The maximum atomic E-state index is 12.3. The van der Waals surface area contributed by atoms with Crippen LogP contribution in [0.5, 0.6) is 0 Å². The van der Waals surface area contributed by atoms with Crippen LogP contribution < -0.4 is 5.32 Å². The molecule has 0 bridgehead atoms. The monoisotopic (exact) mass is 642 g/mol. The average molecular weight is 642 g/mol. The summed E-state index contributed by atoms with van der Waals surface area (Å²) in [5.41, 5.74) is 0. The van der Waals surface area contributed by atoms with Crippen LogP contribution >= 0.6 is 0 Å². The molecule has 0 aromatic carbocycles. The van der Waals surface area contributed by atoms with Crippen molar-refractivity contribution < 1.29 is 15.0 Å². The van der Waals surface area contributed by atoms with Crippen molar-refractivity contribution in [2.75, 3.05) is 6.61 Å². The molecule has 0 saturated heterocycles. The van der Waals surface area contributed by atoms with Crippen molar-refractivity contribution in [1.29, 1.82) is 0 Å². The minimum atomic E-state index is -0.862. The third kappa shape index (κ3) is 33.5. The Morgan fingerprint density at radius 1 is 0.522 bits per heavy atom. The van der Waals surface area contributed by atoms with Crippen LogP contribution in [0.2, 0.25) is 0 Å². The number of unbranched alkanes of at least 4 members (excludes halogenated alkanes) is 19. The number of carbonyl (C=O) groups excluding carboxylic acids is 1. The first-order valence-electron chi connectivity index (χ1n) is 19.5. The summed E-state index contributed by atoms with van der Waals surface area (Å²) in [6.45, 7) is 4.26. The first-order valence-corrected chi connectivity index (χ1v) is 19.5. The Morgan fingerprint density at radius 2 is 0.891 bits per heavy atom. The quantitative estimate of drug-likeness (QED) is 0.0483. The Balaban J connectivity index is 3.75. The molecular formula is C42H75NO3. The summed E-state index contributed by atoms with van der Waals surface area (Å²) in [7, 11) is 0. The Hall–Kier alpha value is -1.91. The van der Waals surface area contributed by atoms with E-state index >= 15 is 0 Å². The van der Waals surface area contributed by atoms with Gasteiger partial charge in [-0.3, -0.25) is 4.79 Å². The summed E-state index contributed by atoms with van der Waals surface area (Å²) in [6, 6.07) is -0.651. The number of carbonyl (C=O) groups is 1. The van der Waals surface area contributed by atoms with E-state index in [0.29, 0.717) is 6.42 Å². The summed E-state index contributed by atoms with van der Waals surface area (Å²) in [5, 5.41) is 22.8. The van der Waals surface area contributed by atoms with E-state index in [1.165, 1.54) is 116 Å². The first kappa shape index (κ1) is 44.1. The number of aliphatic hydroxyl groups is 2. The van der Waals surface area contributed by atoms with Gasteiger partial charge >= 0.3 is 0 Å². The van der Waals surface area contributed by atoms with Crippen LogP contribution in [0, 0.1) is 0 Å². The van der Waals surface area contributed by atoms with E-state index in [2.05, 4.69) is 67.8 Å². The topological polar surface area (TPSA) is 69.6 Å². The average Bonchev–Trinajstić information content (AvgIpc) is 3.06. The van der Waals surface area contributed by atoms with Crippen LogP contribution in [-0.4, -0.2) is 34.9 Å². The molecule has 46 heavy (non-hydrogen) atoms. The van der Waals surface area contributed by atoms with Gasteiger partial charge in [0.05, 0.1) is 18.8 Å². The predicted molar refractivity (Wildman–Crippen MR) is 202 cm³/mol. The molecule has 1 amide bonds. The molecule has 0 aliphatic rings. The lowest BCUT2D eigenvalue weighted by molar-refractivity contribution is -0.122. The van der Waals surface area contributed by atoms with E-state index in [1.807, 2.05) is 6.08 Å². The van der Waals surface area contributed by atoms with Crippen LogP contribution in [0.1, 0.15) is 181 Å². The van der Waals surface area contributed by atoms with Gasteiger partial charge in [0.1, 0.15) is 0 Å². The van der Waals surface area contributed by atoms with Crippen LogP contribution in [0.3, 0.4) is 0 Å². The lowest BCUT2D eigenvalue weighted by Crippen LogP contribution is -2.45. The lowest BCUT2D eigenvalue weighted by atomic mass is 10.0. The van der Waals surface area contributed by atoms with Gasteiger partial charge in [-0.15, -0.1) is 0 Å². The van der Waals surface area contributed by atoms with Crippen LogP contribution in [0.15, 0.2) is 60.8 Å². The smallest absolute Gasteiger partial charge is 0.220 e. The lowest BCUT2D eigenvalue weighted by Gasteiger charge is -2.19. The SMILES string of the molecule is CCCCCCCCC/C=C/C/C=C/C/C=C/C/C=C/CCCC(=O)N[C@@H](CO)[C@H](O)/C=C/CCCCCCCCCCCCC. The molecule has 2 atom stereocenters. The van der Waals surface area contributed by atoms with Gasteiger partial charge in [0.25, 0.3) is 0 Å². The second-order valence-electron chi connectivity index (χ2n) is 13.0. The third-order valence-electron chi connectivity index (χ3n) is 8.50. The largest absolute Gasteiger partial charge is 0.394 e. The van der Waals surface area contributed by atoms with Crippen molar-refractivity contribution in [3.8, 4) is 0 Å². The maximum Gasteiger partial charge on any atom is 0.220 e. The van der Waals surface area contributed by atoms with Crippen LogP contribution in [-0.2, 0) is 4.79 Å². The molecule has 0 aromatic rings. The number of hydrogen-bond acceptors (Lipinski definition) is 3. The van der Waals surface area contributed by atoms with Crippen molar-refractivity contribution in [1.82, 2.24) is 5.32 Å². The molecule has 4 heteroatoms. The van der Waals surface area contributed by atoms with Gasteiger partial charge in [-0.1, -0.05) is 177 Å². The Kier molecular flexibility index (Phi) is 36.0. The van der Waals surface area contributed by atoms with Crippen molar-refractivity contribution in [2.24, 2.45) is 0 Å². The maximum absolute atomic E-state index is 12.3. The summed E-state index contributed by atoms with van der Waals surface area (Å²) >= 11 is 0. The van der Waals surface area contributed by atoms with Crippen molar-refractivity contribution in [3.05, 3.63) is 60.8 Å². The fraction of sp³-hybridized carbons (Fsp3) is 0.738. The fourth-order valence-electron chi connectivity index (χ4n) is 5.46. The second-order valence-corrected chi connectivity index (χ2v) is 13.0. The molecular weight excluding hydrogens is 566 g/mol. The van der Waals surface area contributed by atoms with E-state index in [0.717, 1.165) is 44.9 Å². The zero-order chi connectivity index (χ0) is 33.6. The molecule has 0 aromatic heterocycles. The molecule has 4 nitrogen and oxygen atoms in total. The highest BCUT2D eigenvalue weighted by atomic mass is 16.3. The second kappa shape index (κ2) is 37.5. The first-order chi connectivity index (χ1) is 22.7. The van der Waals surface area contributed by atoms with Crippen molar-refractivity contribution in [2.45, 2.75) is 193 Å². The number of rotatable bonds is 34. The highest BCUT2D eigenvalue weighted by Crippen LogP contribution is 2.13. The molecule has 266 valence electrons. The number of allylic oxidation sites excluding steroid dienone is 9. The van der Waals surface area contributed by atoms with Crippen molar-refractivity contribution in [3.63, 3.8) is 0 Å². The van der Waals surface area contributed by atoms with Gasteiger partial charge in [0.2, 0.25) is 5.91 Å². The molecule has 0 aliphatic carbocycles. The zero-order valence-corrected chi connectivity index (χ0v) is 30.3. The van der Waals surface area contributed by atoms with E-state index in [-0.39, 0.29) is 12.5 Å². The Labute approximate surface area is 286 Å². The minimum absolute atomic E-state index is 0.121. The summed E-state index contributed by atoms with van der Waals surface area (Å²) < 4.78 is 0. The molecule has 0 rings (SSSR count). The molecule has 0 saturated carbocycles. The van der Waals surface area contributed by atoms with Gasteiger partial charge < -0.3 is 15.5 Å². The molecule has 0 radical (unpaired) electrons. The van der Waals surface area contributed by atoms with Gasteiger partial charge in [0.15, 0.2) is 0 Å². The normalized spacial score (nSPS) is 13.7. The highest BCUT2D eigenvalue weighted by molar-refractivity contribution is 5.76. The van der Waals surface area contributed by atoms with Gasteiger partial charge in [-0.2, -0.15) is 0 Å². The standard InChI is InChI=1S/C42H75NO3/c1-3-5-7-9-11-13-15-17-18-19-20-21-22-23-24-26-28-30-32-34-36-38-42(46)43-40(39-44)41(45)37-35-33-31-29-27-25-16-14-12-10-8-6-4-2/h18-19,21-22,24,26,30,32,35,37,40-41,44-45H,3-17,20,23,25,27-29,31,33-34,36,38-39H2,1-2H3,(H,43,46)/b19-18+,22-21+,26-24+,32-30+,37-35+/t40-,41+/m0/s1. The predicted octanol–water partition coefficient (Wildman–Crippen LogP) is 11.8. The minimum Gasteiger partial charge on any atom is -0.394 e. The summed E-state index contributed by atoms with van der Waals surface area (Å²) in [6.07, 6.45) is 51.7. The number of aliphatic hydroxyl groups excluding tert-OH is 2. The third-order valence-corrected chi connectivity index (χ3v) is 8.50. The Bertz CT molecular complexity index is 782. The molecule has 0 aliphatic heterocycles. The van der Waals surface area contributed by atoms with E-state index in [9.17, 15) is 15.0 Å². The molecule has 0 heterocycles. The highest BCUT2D eigenvalue weighted by Gasteiger charge is 2.17. The molecule has 0 spiro atoms. The van der Waals surface area contributed by atoms with E-state index < -0.39 is 12.1 Å². The molecule has 3 N–H and O–H groups in total. The van der Waals surface area contributed by atoms with Crippen molar-refractivity contribution >= 4 is 5.91 Å². The summed E-state index contributed by atoms with van der Waals surface area (Å²) in [4.78, 5) is 12.3.